The monoisotopic (exact) mass is 410 g/mol. The van der Waals surface area contributed by atoms with Crippen molar-refractivity contribution in [1.82, 2.24) is 15.3 Å². The molecule has 160 valence electrons. The van der Waals surface area contributed by atoms with Crippen LogP contribution in [0.25, 0.3) is 0 Å². The molecule has 4 N–H and O–H groups in total. The number of aromatic nitrogens is 2. The zero-order valence-electron chi connectivity index (χ0n) is 17.4. The van der Waals surface area contributed by atoms with Crippen molar-refractivity contribution in [1.29, 1.82) is 5.53 Å². The van der Waals surface area contributed by atoms with E-state index in [1.165, 1.54) is 5.56 Å². The Morgan fingerprint density at radius 1 is 1.20 bits per heavy atom. The van der Waals surface area contributed by atoms with Crippen molar-refractivity contribution in [2.45, 2.75) is 13.3 Å². The summed E-state index contributed by atoms with van der Waals surface area (Å²) in [6.45, 7) is 6.89. The van der Waals surface area contributed by atoms with E-state index in [4.69, 9.17) is 10.3 Å². The van der Waals surface area contributed by atoms with Gasteiger partial charge in [-0.3, -0.25) is 0 Å². The maximum atomic E-state index is 7.32. The Morgan fingerprint density at radius 2 is 2.00 bits per heavy atom. The summed E-state index contributed by atoms with van der Waals surface area (Å²) in [5.41, 5.74) is 9.18. The zero-order valence-corrected chi connectivity index (χ0v) is 17.4. The Bertz CT molecular complexity index is 821. The number of rotatable bonds is 11. The number of anilines is 3. The van der Waals surface area contributed by atoms with Crippen LogP contribution in [0.2, 0.25) is 0 Å². The Morgan fingerprint density at radius 3 is 2.73 bits per heavy atom. The van der Waals surface area contributed by atoms with Crippen molar-refractivity contribution in [3.8, 4) is 0 Å². The molecule has 0 bridgehead atoms. The molecule has 0 atom stereocenters. The van der Waals surface area contributed by atoms with Gasteiger partial charge in [0.05, 0.1) is 25.5 Å². The van der Waals surface area contributed by atoms with Gasteiger partial charge in [-0.2, -0.15) is 15.1 Å². The van der Waals surface area contributed by atoms with Gasteiger partial charge in [0.2, 0.25) is 5.95 Å². The normalized spacial score (nSPS) is 14.3. The van der Waals surface area contributed by atoms with E-state index in [1.54, 1.807) is 6.20 Å². The molecular formula is C21H30N8O. The molecule has 30 heavy (non-hydrogen) atoms. The third-order valence-corrected chi connectivity index (χ3v) is 4.65. The predicted octanol–water partition coefficient (Wildman–Crippen LogP) is 2.86. The Balaban J connectivity index is 1.70. The summed E-state index contributed by atoms with van der Waals surface area (Å²) in [6.07, 6.45) is 2.64. The summed E-state index contributed by atoms with van der Waals surface area (Å²) >= 11 is 0. The van der Waals surface area contributed by atoms with E-state index in [2.05, 4.69) is 60.2 Å². The highest BCUT2D eigenvalue weighted by Gasteiger charge is 2.15. The fourth-order valence-electron chi connectivity index (χ4n) is 3.05. The van der Waals surface area contributed by atoms with E-state index in [-0.39, 0.29) is 0 Å². The van der Waals surface area contributed by atoms with Crippen molar-refractivity contribution >= 4 is 17.6 Å². The molecule has 0 aliphatic carbocycles. The average molecular weight is 411 g/mol. The largest absolute Gasteiger partial charge is 0.390 e. The average Bonchev–Trinajstić information content (AvgIpc) is 2.80. The van der Waals surface area contributed by atoms with Crippen LogP contribution in [-0.4, -0.2) is 55.9 Å². The van der Waals surface area contributed by atoms with E-state index in [9.17, 15) is 0 Å². The second kappa shape index (κ2) is 11.7. The van der Waals surface area contributed by atoms with Crippen molar-refractivity contribution < 1.29 is 4.74 Å². The van der Waals surface area contributed by atoms with Gasteiger partial charge in [0.1, 0.15) is 11.6 Å². The van der Waals surface area contributed by atoms with Gasteiger partial charge in [0.25, 0.3) is 0 Å². The van der Waals surface area contributed by atoms with Crippen LogP contribution in [-0.2, 0) is 11.2 Å². The second-order valence-electron chi connectivity index (χ2n) is 6.86. The molecule has 1 aromatic carbocycles. The molecule has 9 nitrogen and oxygen atoms in total. The number of nitrogens with one attached hydrogen (secondary N) is 4. The first-order valence-corrected chi connectivity index (χ1v) is 10.3. The lowest BCUT2D eigenvalue weighted by molar-refractivity contribution is 0.122. The summed E-state index contributed by atoms with van der Waals surface area (Å²) in [5.74, 6) is 2.13. The highest BCUT2D eigenvalue weighted by molar-refractivity contribution is 5.54. The summed E-state index contributed by atoms with van der Waals surface area (Å²) in [7, 11) is 0. The molecule has 2 aromatic rings. The summed E-state index contributed by atoms with van der Waals surface area (Å²) < 4.78 is 5.46. The lowest BCUT2D eigenvalue weighted by Gasteiger charge is -2.28. The molecule has 1 aromatic heterocycles. The zero-order chi connectivity index (χ0) is 21.0. The van der Waals surface area contributed by atoms with Gasteiger partial charge in [-0.15, -0.1) is 0 Å². The Hall–Kier alpha value is -3.20. The van der Waals surface area contributed by atoms with Crippen molar-refractivity contribution in [2.75, 3.05) is 61.5 Å². The molecule has 0 saturated carbocycles. The number of morpholine rings is 1. The van der Waals surface area contributed by atoms with Gasteiger partial charge < -0.3 is 25.6 Å². The van der Waals surface area contributed by atoms with Crippen LogP contribution in [0.5, 0.6) is 0 Å². The minimum Gasteiger partial charge on any atom is -0.390 e. The number of ether oxygens (including phenoxy) is 1. The molecule has 3 rings (SSSR count). The van der Waals surface area contributed by atoms with E-state index in [0.717, 1.165) is 44.2 Å². The maximum Gasteiger partial charge on any atom is 0.226 e. The molecule has 0 unspecified atom stereocenters. The van der Waals surface area contributed by atoms with Gasteiger partial charge in [0.15, 0.2) is 0 Å². The van der Waals surface area contributed by atoms with Gasteiger partial charge in [-0.1, -0.05) is 30.3 Å². The van der Waals surface area contributed by atoms with E-state index in [1.807, 2.05) is 19.1 Å². The standard InChI is InChI=1S/C21H30N8O/c1-2-23-15-18(28-22)16-25-21-26-19(24-9-8-17-6-4-3-5-7-17)14-20(27-21)29-10-12-30-13-11-29/h3-7,14-15,22-23H,2,8-13,16H2,1H3,(H2,24,25,26,27)/b18-15-,28-22?. The van der Waals surface area contributed by atoms with E-state index >= 15 is 0 Å². The first kappa shape index (κ1) is 21.5. The molecule has 0 radical (unpaired) electrons. The molecule has 1 saturated heterocycles. The molecule has 1 aliphatic heterocycles. The smallest absolute Gasteiger partial charge is 0.226 e. The van der Waals surface area contributed by atoms with Crippen molar-refractivity contribution in [3.05, 3.63) is 53.9 Å². The minimum atomic E-state index is 0.368. The van der Waals surface area contributed by atoms with Crippen LogP contribution >= 0.6 is 0 Å². The lowest BCUT2D eigenvalue weighted by Crippen LogP contribution is -2.37. The van der Waals surface area contributed by atoms with Gasteiger partial charge in [-0.25, -0.2) is 5.53 Å². The van der Waals surface area contributed by atoms with Crippen LogP contribution in [0.15, 0.2) is 53.4 Å². The van der Waals surface area contributed by atoms with Gasteiger partial charge in [0, 0.05) is 38.4 Å². The van der Waals surface area contributed by atoms with Gasteiger partial charge in [-0.05, 0) is 18.9 Å². The van der Waals surface area contributed by atoms with Crippen LogP contribution in [0.4, 0.5) is 17.6 Å². The minimum absolute atomic E-state index is 0.368. The summed E-state index contributed by atoms with van der Waals surface area (Å²) in [5, 5.41) is 13.2. The fraction of sp³-hybridized carbons (Fsp3) is 0.429. The predicted molar refractivity (Wildman–Crippen MR) is 119 cm³/mol. The van der Waals surface area contributed by atoms with E-state index < -0.39 is 0 Å². The van der Waals surface area contributed by atoms with Crippen LogP contribution in [0.1, 0.15) is 12.5 Å². The second-order valence-corrected chi connectivity index (χ2v) is 6.86. The van der Waals surface area contributed by atoms with E-state index in [0.29, 0.717) is 31.4 Å². The Kier molecular flexibility index (Phi) is 8.40. The number of hydrogen-bond donors (Lipinski definition) is 4. The first-order valence-electron chi connectivity index (χ1n) is 10.3. The fourth-order valence-corrected chi connectivity index (χ4v) is 3.05. The SMILES string of the molecule is CCN/C=C(/CNc1nc(NCCc2ccccc2)cc(N2CCOCC2)n1)N=N. The molecule has 9 heteroatoms. The highest BCUT2D eigenvalue weighted by atomic mass is 16.5. The third kappa shape index (κ3) is 6.70. The third-order valence-electron chi connectivity index (χ3n) is 4.65. The van der Waals surface area contributed by atoms with Crippen LogP contribution < -0.4 is 20.9 Å². The molecule has 1 fully saturated rings. The molecule has 0 spiro atoms. The molecule has 0 amide bonds. The molecule has 1 aliphatic rings. The first-order chi connectivity index (χ1) is 14.8. The number of benzene rings is 1. The quantitative estimate of drug-likeness (QED) is 0.422. The Labute approximate surface area is 177 Å². The topological polar surface area (TPSA) is 111 Å². The lowest BCUT2D eigenvalue weighted by atomic mass is 10.1. The van der Waals surface area contributed by atoms with Crippen LogP contribution in [0, 0.1) is 5.53 Å². The number of nitrogens with zero attached hydrogens (tertiary/aromatic N) is 4. The summed E-state index contributed by atoms with van der Waals surface area (Å²) in [4.78, 5) is 11.5. The number of hydrogen-bond acceptors (Lipinski definition) is 9. The molecular weight excluding hydrogens is 380 g/mol. The summed E-state index contributed by atoms with van der Waals surface area (Å²) in [6, 6.07) is 12.3. The van der Waals surface area contributed by atoms with Crippen molar-refractivity contribution in [3.63, 3.8) is 0 Å². The highest BCUT2D eigenvalue weighted by Crippen LogP contribution is 2.20. The van der Waals surface area contributed by atoms with Crippen molar-refractivity contribution in [2.24, 2.45) is 5.11 Å². The van der Waals surface area contributed by atoms with Gasteiger partial charge >= 0.3 is 0 Å². The van der Waals surface area contributed by atoms with Crippen LogP contribution in [0.3, 0.4) is 0 Å². The maximum absolute atomic E-state index is 7.32. The molecule has 2 heterocycles.